The summed E-state index contributed by atoms with van der Waals surface area (Å²) in [5.74, 6) is -1.81. The summed E-state index contributed by atoms with van der Waals surface area (Å²) in [5.41, 5.74) is 3.20. The third-order valence-electron chi connectivity index (χ3n) is 5.37. The Bertz CT molecular complexity index is 1370. The van der Waals surface area contributed by atoms with Gasteiger partial charge in [-0.3, -0.25) is 14.4 Å². The maximum Gasteiger partial charge on any atom is 0.326 e. The largest absolute Gasteiger partial charge is 0.446 e. The fourth-order valence-electron chi connectivity index (χ4n) is 3.61. The molecule has 0 bridgehead atoms. The molecule has 0 heterocycles. The molecular formula is C29H22Cl2N2O4. The summed E-state index contributed by atoms with van der Waals surface area (Å²) in [6.45, 7) is -0.418. The van der Waals surface area contributed by atoms with Crippen LogP contribution in [-0.4, -0.2) is 24.3 Å². The Kier molecular flexibility index (Phi) is 8.56. The minimum Gasteiger partial charge on any atom is -0.446 e. The molecule has 1 atom stereocenters. The Morgan fingerprint density at radius 3 is 1.92 bits per heavy atom. The van der Waals surface area contributed by atoms with E-state index >= 15 is 0 Å². The first-order chi connectivity index (χ1) is 17.9. The number of hydrogen-bond acceptors (Lipinski definition) is 4. The molecule has 4 rings (SSSR count). The van der Waals surface area contributed by atoms with Crippen LogP contribution in [0, 0.1) is 0 Å². The average molecular weight is 533 g/mol. The van der Waals surface area contributed by atoms with Crippen LogP contribution in [0.1, 0.15) is 22.0 Å². The molecule has 37 heavy (non-hydrogen) atoms. The van der Waals surface area contributed by atoms with E-state index in [4.69, 9.17) is 27.9 Å². The summed E-state index contributed by atoms with van der Waals surface area (Å²) in [4.78, 5) is 38.2. The Labute approximate surface area is 224 Å². The first-order valence-electron chi connectivity index (χ1n) is 11.3. The summed E-state index contributed by atoms with van der Waals surface area (Å²) >= 11 is 12.0. The molecule has 0 aromatic heterocycles. The van der Waals surface area contributed by atoms with Gasteiger partial charge in [-0.2, -0.15) is 0 Å². The molecule has 0 radical (unpaired) electrons. The van der Waals surface area contributed by atoms with Crippen molar-refractivity contribution in [3.63, 3.8) is 0 Å². The quantitative estimate of drug-likeness (QED) is 0.260. The molecule has 0 saturated carbocycles. The zero-order chi connectivity index (χ0) is 26.2. The van der Waals surface area contributed by atoms with Gasteiger partial charge in [0.15, 0.2) is 0 Å². The number of ether oxygens (including phenoxy) is 1. The molecule has 0 aliphatic rings. The molecule has 6 nitrogen and oxygen atoms in total. The topological polar surface area (TPSA) is 84.5 Å². The molecule has 4 aromatic rings. The second-order valence-electron chi connectivity index (χ2n) is 8.05. The minimum atomic E-state index is -1.26. The monoisotopic (exact) mass is 532 g/mol. The van der Waals surface area contributed by atoms with Crippen molar-refractivity contribution in [2.75, 3.05) is 11.9 Å². The lowest BCUT2D eigenvalue weighted by molar-refractivity contribution is -0.153. The summed E-state index contributed by atoms with van der Waals surface area (Å²) < 4.78 is 5.46. The van der Waals surface area contributed by atoms with Gasteiger partial charge < -0.3 is 15.4 Å². The van der Waals surface area contributed by atoms with E-state index in [-0.39, 0.29) is 0 Å². The number of hydrogen-bond donors (Lipinski definition) is 2. The minimum absolute atomic E-state index is 0.343. The molecule has 0 aliphatic carbocycles. The van der Waals surface area contributed by atoms with Crippen LogP contribution in [-0.2, 0) is 14.3 Å². The third-order valence-corrected chi connectivity index (χ3v) is 5.80. The van der Waals surface area contributed by atoms with E-state index in [0.717, 1.165) is 11.1 Å². The Morgan fingerprint density at radius 1 is 0.730 bits per heavy atom. The van der Waals surface area contributed by atoms with Crippen molar-refractivity contribution in [1.82, 2.24) is 5.32 Å². The van der Waals surface area contributed by atoms with Crippen molar-refractivity contribution in [2.45, 2.75) is 6.10 Å². The van der Waals surface area contributed by atoms with E-state index in [1.807, 2.05) is 42.5 Å². The highest BCUT2D eigenvalue weighted by Crippen LogP contribution is 2.25. The molecule has 4 aromatic carbocycles. The standard InChI is InChI=1S/C29H22Cl2N2O4/c30-23-15-24(31)17-25(16-23)33-29(36)27(21-9-5-2-6-10-21)37-26(34)18-32-28(35)22-13-11-20(12-14-22)19-7-3-1-4-8-19/h1-17,27H,18H2,(H,32,35)(H,33,36). The maximum atomic E-state index is 13.0. The Morgan fingerprint density at radius 2 is 1.30 bits per heavy atom. The van der Waals surface area contributed by atoms with Gasteiger partial charge in [-0.1, -0.05) is 96.0 Å². The van der Waals surface area contributed by atoms with Crippen LogP contribution in [0.2, 0.25) is 10.0 Å². The van der Waals surface area contributed by atoms with Crippen LogP contribution in [0.5, 0.6) is 0 Å². The second-order valence-corrected chi connectivity index (χ2v) is 8.93. The van der Waals surface area contributed by atoms with Crippen LogP contribution in [0.15, 0.2) is 103 Å². The molecule has 0 fully saturated rings. The van der Waals surface area contributed by atoms with Crippen LogP contribution >= 0.6 is 23.2 Å². The van der Waals surface area contributed by atoms with Crippen molar-refractivity contribution in [3.05, 3.63) is 124 Å². The summed E-state index contributed by atoms with van der Waals surface area (Å²) in [6, 6.07) is 29.9. The summed E-state index contributed by atoms with van der Waals surface area (Å²) in [5, 5.41) is 5.89. The van der Waals surface area contributed by atoms with E-state index in [0.29, 0.717) is 26.9 Å². The molecule has 0 saturated heterocycles. The molecule has 0 aliphatic heterocycles. The number of amides is 2. The average Bonchev–Trinajstić information content (AvgIpc) is 2.91. The smallest absolute Gasteiger partial charge is 0.326 e. The third kappa shape index (κ3) is 7.19. The lowest BCUT2D eigenvalue weighted by Crippen LogP contribution is -2.33. The lowest BCUT2D eigenvalue weighted by atomic mass is 10.0. The van der Waals surface area contributed by atoms with Gasteiger partial charge in [-0.15, -0.1) is 0 Å². The normalized spacial score (nSPS) is 11.3. The number of nitrogens with one attached hydrogen (secondary N) is 2. The van der Waals surface area contributed by atoms with Crippen LogP contribution in [0.4, 0.5) is 5.69 Å². The zero-order valence-electron chi connectivity index (χ0n) is 19.5. The van der Waals surface area contributed by atoms with Crippen molar-refractivity contribution in [3.8, 4) is 11.1 Å². The van der Waals surface area contributed by atoms with Gasteiger partial charge in [0.2, 0.25) is 6.10 Å². The predicted octanol–water partition coefficient (Wildman–Crippen LogP) is 6.31. The molecular weight excluding hydrogens is 511 g/mol. The number of carbonyl (C=O) groups is 3. The van der Waals surface area contributed by atoms with Gasteiger partial charge in [-0.05, 0) is 41.5 Å². The number of benzene rings is 4. The van der Waals surface area contributed by atoms with E-state index in [2.05, 4.69) is 10.6 Å². The van der Waals surface area contributed by atoms with Gasteiger partial charge in [0.05, 0.1) is 0 Å². The molecule has 2 N–H and O–H groups in total. The fourth-order valence-corrected chi connectivity index (χ4v) is 4.13. The Hall–Kier alpha value is -4.13. The highest BCUT2D eigenvalue weighted by molar-refractivity contribution is 6.35. The van der Waals surface area contributed by atoms with Gasteiger partial charge in [0.1, 0.15) is 6.54 Å². The van der Waals surface area contributed by atoms with Crippen LogP contribution < -0.4 is 10.6 Å². The number of anilines is 1. The van der Waals surface area contributed by atoms with Crippen molar-refractivity contribution in [2.24, 2.45) is 0 Å². The van der Waals surface area contributed by atoms with Gasteiger partial charge >= 0.3 is 5.97 Å². The second kappa shape index (κ2) is 12.2. The SMILES string of the molecule is O=C(CNC(=O)c1ccc(-c2ccccc2)cc1)OC(C(=O)Nc1cc(Cl)cc(Cl)c1)c1ccccc1. The van der Waals surface area contributed by atoms with Crippen molar-refractivity contribution >= 4 is 46.7 Å². The van der Waals surface area contributed by atoms with Gasteiger partial charge in [-0.25, -0.2) is 0 Å². The van der Waals surface area contributed by atoms with E-state index in [9.17, 15) is 14.4 Å². The van der Waals surface area contributed by atoms with Gasteiger partial charge in [0, 0.05) is 26.9 Å². The highest BCUT2D eigenvalue weighted by Gasteiger charge is 2.25. The number of carbonyl (C=O) groups excluding carboxylic acids is 3. The number of halogens is 2. The van der Waals surface area contributed by atoms with Crippen LogP contribution in [0.25, 0.3) is 11.1 Å². The predicted molar refractivity (Wildman–Crippen MR) is 145 cm³/mol. The van der Waals surface area contributed by atoms with Gasteiger partial charge in [0.25, 0.3) is 11.8 Å². The maximum absolute atomic E-state index is 13.0. The zero-order valence-corrected chi connectivity index (χ0v) is 21.0. The lowest BCUT2D eigenvalue weighted by Gasteiger charge is -2.18. The van der Waals surface area contributed by atoms with E-state index < -0.39 is 30.4 Å². The molecule has 0 spiro atoms. The molecule has 8 heteroatoms. The molecule has 2 amide bonds. The van der Waals surface area contributed by atoms with Crippen LogP contribution in [0.3, 0.4) is 0 Å². The molecule has 1 unspecified atom stereocenters. The number of esters is 1. The Balaban J connectivity index is 1.39. The van der Waals surface area contributed by atoms with Crippen molar-refractivity contribution in [1.29, 1.82) is 0 Å². The summed E-state index contributed by atoms with van der Waals surface area (Å²) in [6.07, 6.45) is -1.26. The highest BCUT2D eigenvalue weighted by atomic mass is 35.5. The first-order valence-corrected chi connectivity index (χ1v) is 12.1. The van der Waals surface area contributed by atoms with E-state index in [1.165, 1.54) is 18.2 Å². The molecule has 186 valence electrons. The summed E-state index contributed by atoms with van der Waals surface area (Å²) in [7, 11) is 0. The fraction of sp³-hybridized carbons (Fsp3) is 0.0690. The van der Waals surface area contributed by atoms with Crippen molar-refractivity contribution < 1.29 is 19.1 Å². The first kappa shape index (κ1) is 25.9. The number of rotatable bonds is 8. The van der Waals surface area contributed by atoms with E-state index in [1.54, 1.807) is 42.5 Å².